The van der Waals surface area contributed by atoms with E-state index in [9.17, 15) is 0 Å². The molecule has 0 amide bonds. The highest BCUT2D eigenvalue weighted by molar-refractivity contribution is 7.99. The highest BCUT2D eigenvalue weighted by Gasteiger charge is 2.43. The molecule has 4 nitrogen and oxygen atoms in total. The Balaban J connectivity index is 1.27. The van der Waals surface area contributed by atoms with Crippen molar-refractivity contribution in [3.8, 4) is 0 Å². The molecule has 0 unspecified atom stereocenters. The number of hydrogen-bond donors (Lipinski definition) is 2. The van der Waals surface area contributed by atoms with Gasteiger partial charge in [0.15, 0.2) is 5.96 Å². The Hall–Kier alpha value is -2.14. The van der Waals surface area contributed by atoms with Gasteiger partial charge in [-0.15, -0.1) is 0 Å². The molecule has 0 bridgehead atoms. The second-order valence-electron chi connectivity index (χ2n) is 7.69. The van der Waals surface area contributed by atoms with Crippen molar-refractivity contribution in [2.24, 2.45) is 4.99 Å². The molecule has 0 atom stereocenters. The molecule has 2 fully saturated rings. The summed E-state index contributed by atoms with van der Waals surface area (Å²) in [5, 5.41) is 6.99. The Morgan fingerprint density at radius 2 is 1.71 bits per heavy atom. The number of thioether (sulfide) groups is 1. The Kier molecular flexibility index (Phi) is 6.10. The quantitative estimate of drug-likeness (QED) is 0.580. The fraction of sp³-hybridized carbons (Fsp3) is 0.435. The summed E-state index contributed by atoms with van der Waals surface area (Å²) in [7, 11) is 1.84. The summed E-state index contributed by atoms with van der Waals surface area (Å²) in [4.78, 5) is 6.88. The Morgan fingerprint density at radius 3 is 2.36 bits per heavy atom. The molecule has 2 aliphatic rings. The van der Waals surface area contributed by atoms with E-state index in [2.05, 4.69) is 75.1 Å². The van der Waals surface area contributed by atoms with Crippen molar-refractivity contribution < 1.29 is 0 Å². The predicted molar refractivity (Wildman–Crippen MR) is 122 cm³/mol. The summed E-state index contributed by atoms with van der Waals surface area (Å²) in [6, 6.07) is 19.8. The molecule has 1 saturated heterocycles. The number of aliphatic imine (C=N–C) groups is 1. The number of benzene rings is 2. The summed E-state index contributed by atoms with van der Waals surface area (Å²) in [5.41, 5.74) is 4.34. The minimum Gasteiger partial charge on any atom is -0.370 e. The van der Waals surface area contributed by atoms with E-state index in [0.717, 1.165) is 32.1 Å². The third-order valence-corrected chi connectivity index (χ3v) is 6.77. The van der Waals surface area contributed by atoms with Crippen LogP contribution in [0.15, 0.2) is 59.6 Å². The predicted octanol–water partition coefficient (Wildman–Crippen LogP) is 3.64. The molecule has 148 valence electrons. The van der Waals surface area contributed by atoms with E-state index in [0.29, 0.717) is 0 Å². The third-order valence-electron chi connectivity index (χ3n) is 5.83. The first-order chi connectivity index (χ1) is 13.8. The topological polar surface area (TPSA) is 39.7 Å². The molecule has 0 spiro atoms. The molecule has 4 rings (SSSR count). The van der Waals surface area contributed by atoms with Crippen molar-refractivity contribution in [2.75, 3.05) is 43.1 Å². The zero-order valence-corrected chi connectivity index (χ0v) is 17.5. The van der Waals surface area contributed by atoms with Crippen LogP contribution < -0.4 is 15.5 Å². The fourth-order valence-corrected chi connectivity index (χ4v) is 4.72. The van der Waals surface area contributed by atoms with Gasteiger partial charge in [0.25, 0.3) is 0 Å². The third kappa shape index (κ3) is 4.64. The van der Waals surface area contributed by atoms with Crippen LogP contribution in [0.1, 0.15) is 24.0 Å². The van der Waals surface area contributed by atoms with Crippen LogP contribution in [0.2, 0.25) is 0 Å². The van der Waals surface area contributed by atoms with E-state index in [1.807, 2.05) is 18.8 Å². The van der Waals surface area contributed by atoms with Crippen LogP contribution in [-0.2, 0) is 12.0 Å². The lowest BCUT2D eigenvalue weighted by atomic mass is 9.96. The SMILES string of the molecule is CN=C(NCc1ccc(N2CCSCC2)cc1)NCC1(c2ccccc2)CC1. The van der Waals surface area contributed by atoms with Gasteiger partial charge in [0.05, 0.1) is 0 Å². The Bertz CT molecular complexity index is 778. The van der Waals surface area contributed by atoms with Crippen LogP contribution in [0.4, 0.5) is 5.69 Å². The first-order valence-electron chi connectivity index (χ1n) is 10.2. The first-order valence-corrected chi connectivity index (χ1v) is 11.4. The average molecular weight is 395 g/mol. The number of rotatable bonds is 6. The lowest BCUT2D eigenvalue weighted by Gasteiger charge is -2.28. The number of hydrogen-bond acceptors (Lipinski definition) is 3. The van der Waals surface area contributed by atoms with Gasteiger partial charge in [0.2, 0.25) is 0 Å². The number of anilines is 1. The molecular weight excluding hydrogens is 364 g/mol. The molecule has 1 aliphatic heterocycles. The van der Waals surface area contributed by atoms with Crippen LogP contribution in [0.5, 0.6) is 0 Å². The highest BCUT2D eigenvalue weighted by atomic mass is 32.2. The van der Waals surface area contributed by atoms with E-state index in [1.54, 1.807) is 0 Å². The first kappa shape index (κ1) is 19.2. The molecule has 2 aromatic rings. The van der Waals surface area contributed by atoms with Gasteiger partial charge < -0.3 is 15.5 Å². The van der Waals surface area contributed by atoms with E-state index < -0.39 is 0 Å². The fourth-order valence-electron chi connectivity index (χ4n) is 3.82. The normalized spacial score (nSPS) is 18.6. The summed E-state index contributed by atoms with van der Waals surface area (Å²) in [5.74, 6) is 3.34. The molecule has 1 heterocycles. The van der Waals surface area contributed by atoms with Gasteiger partial charge in [0.1, 0.15) is 0 Å². The molecule has 2 aromatic carbocycles. The van der Waals surface area contributed by atoms with Gasteiger partial charge in [-0.1, -0.05) is 42.5 Å². The molecule has 0 radical (unpaired) electrons. The van der Waals surface area contributed by atoms with Crippen LogP contribution in [0, 0.1) is 0 Å². The second-order valence-corrected chi connectivity index (χ2v) is 8.92. The van der Waals surface area contributed by atoms with Crippen molar-refractivity contribution in [3.63, 3.8) is 0 Å². The van der Waals surface area contributed by atoms with Crippen LogP contribution in [0.3, 0.4) is 0 Å². The Morgan fingerprint density at radius 1 is 1.00 bits per heavy atom. The maximum Gasteiger partial charge on any atom is 0.191 e. The second kappa shape index (κ2) is 8.91. The zero-order valence-electron chi connectivity index (χ0n) is 16.7. The molecule has 1 saturated carbocycles. The molecule has 0 aromatic heterocycles. The van der Waals surface area contributed by atoms with Gasteiger partial charge in [0, 0.05) is 55.8 Å². The van der Waals surface area contributed by atoms with Gasteiger partial charge in [-0.2, -0.15) is 11.8 Å². The van der Waals surface area contributed by atoms with Crippen molar-refractivity contribution in [1.29, 1.82) is 0 Å². The summed E-state index contributed by atoms with van der Waals surface area (Å²) in [6.45, 7) is 4.03. The van der Waals surface area contributed by atoms with Crippen LogP contribution in [-0.4, -0.2) is 44.1 Å². The monoisotopic (exact) mass is 394 g/mol. The van der Waals surface area contributed by atoms with Crippen molar-refractivity contribution in [2.45, 2.75) is 24.8 Å². The summed E-state index contributed by atoms with van der Waals surface area (Å²) < 4.78 is 0. The summed E-state index contributed by atoms with van der Waals surface area (Å²) in [6.07, 6.45) is 2.49. The van der Waals surface area contributed by atoms with E-state index in [4.69, 9.17) is 0 Å². The largest absolute Gasteiger partial charge is 0.370 e. The molecular formula is C23H30N4S. The molecule has 1 aliphatic carbocycles. The van der Waals surface area contributed by atoms with Crippen molar-refractivity contribution >= 4 is 23.4 Å². The molecule has 28 heavy (non-hydrogen) atoms. The van der Waals surface area contributed by atoms with Crippen LogP contribution >= 0.6 is 11.8 Å². The van der Waals surface area contributed by atoms with Gasteiger partial charge in [-0.25, -0.2) is 0 Å². The highest BCUT2D eigenvalue weighted by Crippen LogP contribution is 2.47. The van der Waals surface area contributed by atoms with Gasteiger partial charge >= 0.3 is 0 Å². The van der Waals surface area contributed by atoms with Gasteiger partial charge in [-0.05, 0) is 36.1 Å². The lowest BCUT2D eigenvalue weighted by molar-refractivity contribution is 0.645. The standard InChI is InChI=1S/C23H30N4S/c1-24-22(26-18-23(11-12-23)20-5-3-2-4-6-20)25-17-19-7-9-21(10-8-19)27-13-15-28-16-14-27/h2-10H,11-18H2,1H3,(H2,24,25,26). The smallest absolute Gasteiger partial charge is 0.191 e. The van der Waals surface area contributed by atoms with Gasteiger partial charge in [-0.3, -0.25) is 4.99 Å². The van der Waals surface area contributed by atoms with Crippen molar-refractivity contribution in [3.05, 3.63) is 65.7 Å². The minimum absolute atomic E-state index is 0.285. The average Bonchev–Trinajstić information content (AvgIpc) is 3.57. The summed E-state index contributed by atoms with van der Waals surface area (Å²) >= 11 is 2.05. The van der Waals surface area contributed by atoms with E-state index >= 15 is 0 Å². The number of guanidine groups is 1. The maximum atomic E-state index is 4.40. The molecule has 2 N–H and O–H groups in total. The minimum atomic E-state index is 0.285. The Labute approximate surface area is 172 Å². The molecule has 5 heteroatoms. The van der Waals surface area contributed by atoms with E-state index in [-0.39, 0.29) is 5.41 Å². The maximum absolute atomic E-state index is 4.40. The zero-order chi connectivity index (χ0) is 19.2. The van der Waals surface area contributed by atoms with Crippen molar-refractivity contribution in [1.82, 2.24) is 10.6 Å². The van der Waals surface area contributed by atoms with Crippen LogP contribution in [0.25, 0.3) is 0 Å². The lowest BCUT2D eigenvalue weighted by Crippen LogP contribution is -2.40. The number of nitrogens with one attached hydrogen (secondary N) is 2. The van der Waals surface area contributed by atoms with E-state index in [1.165, 1.54) is 41.2 Å². The number of nitrogens with zero attached hydrogens (tertiary/aromatic N) is 2.